The van der Waals surface area contributed by atoms with Gasteiger partial charge in [0, 0.05) is 6.04 Å². The van der Waals surface area contributed by atoms with Gasteiger partial charge in [0.2, 0.25) is 6.29 Å². The molecule has 0 aromatic carbocycles. The van der Waals surface area contributed by atoms with Gasteiger partial charge in [-0.15, -0.1) is 0 Å². The third-order valence-corrected chi connectivity index (χ3v) is 2.12. The molecule has 0 bridgehead atoms. The summed E-state index contributed by atoms with van der Waals surface area (Å²) >= 11 is 0. The second-order valence-corrected chi connectivity index (χ2v) is 3.04. The second-order valence-electron chi connectivity index (χ2n) is 3.04. The maximum Gasteiger partial charge on any atom is 0.218 e. The van der Waals surface area contributed by atoms with Crippen LogP contribution in [0.15, 0.2) is 0 Å². The van der Waals surface area contributed by atoms with Crippen LogP contribution in [0.1, 0.15) is 13.3 Å². The summed E-state index contributed by atoms with van der Waals surface area (Å²) in [7, 11) is 1.75. The Morgan fingerprint density at radius 3 is 2.75 bits per heavy atom. The Morgan fingerprint density at radius 2 is 2.25 bits per heavy atom. The van der Waals surface area contributed by atoms with Gasteiger partial charge in [-0.25, -0.2) is 10.1 Å². The molecule has 1 heterocycles. The molecule has 1 fully saturated rings. The average molecular weight is 177 g/mol. The first-order valence-corrected chi connectivity index (χ1v) is 4.00. The van der Waals surface area contributed by atoms with E-state index in [-0.39, 0.29) is 12.1 Å². The monoisotopic (exact) mass is 177 g/mol. The van der Waals surface area contributed by atoms with Gasteiger partial charge < -0.3 is 15.2 Å². The molecule has 0 aliphatic carbocycles. The third kappa shape index (κ3) is 1.94. The molecule has 0 aromatic rings. The van der Waals surface area contributed by atoms with E-state index < -0.39 is 12.4 Å². The van der Waals surface area contributed by atoms with Crippen molar-refractivity contribution in [1.29, 1.82) is 0 Å². The first kappa shape index (κ1) is 9.88. The molecule has 12 heavy (non-hydrogen) atoms. The molecule has 3 N–H and O–H groups in total. The molecule has 1 saturated heterocycles. The smallest absolute Gasteiger partial charge is 0.218 e. The van der Waals surface area contributed by atoms with Crippen molar-refractivity contribution in [1.82, 2.24) is 5.32 Å². The van der Waals surface area contributed by atoms with E-state index in [4.69, 9.17) is 9.99 Å². The molecule has 4 atom stereocenters. The minimum atomic E-state index is -0.939. The summed E-state index contributed by atoms with van der Waals surface area (Å²) in [6.07, 6.45) is -1.08. The molecule has 0 unspecified atom stereocenters. The van der Waals surface area contributed by atoms with Crippen molar-refractivity contribution in [3.63, 3.8) is 0 Å². The van der Waals surface area contributed by atoms with Crippen molar-refractivity contribution in [2.75, 3.05) is 7.05 Å². The van der Waals surface area contributed by atoms with E-state index in [1.807, 2.05) is 6.92 Å². The highest BCUT2D eigenvalue weighted by molar-refractivity contribution is 4.83. The Labute approximate surface area is 71.2 Å². The van der Waals surface area contributed by atoms with Crippen LogP contribution in [0.4, 0.5) is 0 Å². The van der Waals surface area contributed by atoms with Crippen LogP contribution in [0.25, 0.3) is 0 Å². The number of ether oxygens (including phenoxy) is 1. The molecule has 0 spiro atoms. The lowest BCUT2D eigenvalue weighted by atomic mass is 10.0. The average Bonchev–Trinajstić information content (AvgIpc) is 2.08. The van der Waals surface area contributed by atoms with Gasteiger partial charge in [-0.3, -0.25) is 0 Å². The van der Waals surface area contributed by atoms with Crippen molar-refractivity contribution < 1.29 is 20.0 Å². The van der Waals surface area contributed by atoms with Crippen molar-refractivity contribution >= 4 is 0 Å². The van der Waals surface area contributed by atoms with Gasteiger partial charge in [0.05, 0.1) is 6.10 Å². The molecule has 0 saturated carbocycles. The van der Waals surface area contributed by atoms with Crippen molar-refractivity contribution in [2.24, 2.45) is 0 Å². The van der Waals surface area contributed by atoms with Crippen LogP contribution in [0.5, 0.6) is 0 Å². The van der Waals surface area contributed by atoms with E-state index in [1.54, 1.807) is 7.05 Å². The van der Waals surface area contributed by atoms with E-state index in [2.05, 4.69) is 10.2 Å². The maximum absolute atomic E-state index is 9.47. The number of hydrogen-bond acceptors (Lipinski definition) is 5. The predicted octanol–water partition coefficient (Wildman–Crippen LogP) is -0.440. The number of aliphatic hydroxyl groups excluding tert-OH is 1. The van der Waals surface area contributed by atoms with Gasteiger partial charge in [-0.2, -0.15) is 0 Å². The lowest BCUT2D eigenvalue weighted by Crippen LogP contribution is -2.53. The number of hydrogen-bond donors (Lipinski definition) is 3. The second kappa shape index (κ2) is 4.15. The quantitative estimate of drug-likeness (QED) is 0.394. The molecular formula is C7H15NO4. The fraction of sp³-hybridized carbons (Fsp3) is 1.00. The van der Waals surface area contributed by atoms with Crippen molar-refractivity contribution in [2.45, 2.75) is 37.9 Å². The molecule has 0 amide bonds. The van der Waals surface area contributed by atoms with Crippen molar-refractivity contribution in [3.8, 4) is 0 Å². The molecule has 5 heteroatoms. The van der Waals surface area contributed by atoms with Crippen LogP contribution in [-0.4, -0.2) is 42.0 Å². The zero-order chi connectivity index (χ0) is 9.14. The summed E-state index contributed by atoms with van der Waals surface area (Å²) in [4.78, 5) is 3.99. The normalized spacial score (nSPS) is 43.0. The first-order valence-electron chi connectivity index (χ1n) is 4.00. The zero-order valence-corrected chi connectivity index (χ0v) is 7.23. The van der Waals surface area contributed by atoms with E-state index in [0.29, 0.717) is 6.42 Å². The van der Waals surface area contributed by atoms with Gasteiger partial charge in [-0.05, 0) is 20.4 Å². The van der Waals surface area contributed by atoms with Gasteiger partial charge in [-0.1, -0.05) is 0 Å². The SMILES string of the molecule is CN[C@H]1C[C@@H](C)O[C@@H](OO)[C@@H]1O. The molecule has 1 aliphatic heterocycles. The van der Waals surface area contributed by atoms with E-state index >= 15 is 0 Å². The summed E-state index contributed by atoms with van der Waals surface area (Å²) in [6.45, 7) is 1.86. The highest BCUT2D eigenvalue weighted by Gasteiger charge is 2.36. The third-order valence-electron chi connectivity index (χ3n) is 2.12. The van der Waals surface area contributed by atoms with Crippen molar-refractivity contribution in [3.05, 3.63) is 0 Å². The number of likely N-dealkylation sites (N-methyl/N-ethyl adjacent to an activating group) is 1. The molecule has 0 aromatic heterocycles. The van der Waals surface area contributed by atoms with Crippen LogP contribution >= 0.6 is 0 Å². The lowest BCUT2D eigenvalue weighted by molar-refractivity contribution is -0.385. The minimum Gasteiger partial charge on any atom is -0.386 e. The summed E-state index contributed by atoms with van der Waals surface area (Å²) in [5.41, 5.74) is 0. The fourth-order valence-electron chi connectivity index (χ4n) is 1.43. The predicted molar refractivity (Wildman–Crippen MR) is 41.5 cm³/mol. The standard InChI is InChI=1S/C7H15NO4/c1-4-3-5(8-2)6(9)7(11-4)12-10/h4-10H,3H2,1-2H3/t4-,5+,6-,7+/m1/s1. The number of nitrogens with one attached hydrogen (secondary N) is 1. The van der Waals surface area contributed by atoms with E-state index in [0.717, 1.165) is 0 Å². The van der Waals surface area contributed by atoms with Crippen LogP contribution in [-0.2, 0) is 9.62 Å². The Hall–Kier alpha value is -0.200. The molecule has 1 aliphatic rings. The highest BCUT2D eigenvalue weighted by Crippen LogP contribution is 2.19. The minimum absolute atomic E-state index is 0.0250. The van der Waals surface area contributed by atoms with E-state index in [9.17, 15) is 5.11 Å². The summed E-state index contributed by atoms with van der Waals surface area (Å²) in [5.74, 6) is 0. The fourth-order valence-corrected chi connectivity index (χ4v) is 1.43. The Morgan fingerprint density at radius 1 is 1.58 bits per heavy atom. The van der Waals surface area contributed by atoms with Crippen LogP contribution in [0.3, 0.4) is 0 Å². The topological polar surface area (TPSA) is 71.0 Å². The maximum atomic E-state index is 9.47. The highest BCUT2D eigenvalue weighted by atomic mass is 17.1. The number of aliphatic hydroxyl groups is 1. The van der Waals surface area contributed by atoms with Crippen LogP contribution in [0.2, 0.25) is 0 Å². The molecule has 0 radical (unpaired) electrons. The zero-order valence-electron chi connectivity index (χ0n) is 7.23. The van der Waals surface area contributed by atoms with Crippen LogP contribution in [0, 0.1) is 0 Å². The van der Waals surface area contributed by atoms with Gasteiger partial charge in [0.1, 0.15) is 6.10 Å². The number of rotatable bonds is 2. The summed E-state index contributed by atoms with van der Waals surface area (Å²) in [6, 6.07) is -0.0918. The molecule has 5 nitrogen and oxygen atoms in total. The summed E-state index contributed by atoms with van der Waals surface area (Å²) in [5, 5.41) is 20.8. The van der Waals surface area contributed by atoms with Gasteiger partial charge in [0.25, 0.3) is 0 Å². The first-order chi connectivity index (χ1) is 5.69. The molecule has 1 rings (SSSR count). The Balaban J connectivity index is 2.55. The summed E-state index contributed by atoms with van der Waals surface area (Å²) < 4.78 is 5.12. The van der Waals surface area contributed by atoms with Gasteiger partial charge in [0.15, 0.2) is 0 Å². The molecule has 72 valence electrons. The molecular weight excluding hydrogens is 162 g/mol. The largest absolute Gasteiger partial charge is 0.386 e. The Bertz CT molecular complexity index is 129. The van der Waals surface area contributed by atoms with Crippen LogP contribution < -0.4 is 5.32 Å². The van der Waals surface area contributed by atoms with Gasteiger partial charge >= 0.3 is 0 Å². The Kier molecular flexibility index (Phi) is 3.42. The lowest BCUT2D eigenvalue weighted by Gasteiger charge is -2.35. The van der Waals surface area contributed by atoms with E-state index in [1.165, 1.54) is 0 Å².